The SMILES string of the molecule is CC#N.c1ccc(C(=Nc2cccc3cccc(N=C(c4ccccc4)c4ccccc4)c23)c2ccccc2)cc1. The number of benzene rings is 6. The second kappa shape index (κ2) is 13.5. The van der Waals surface area contributed by atoms with E-state index in [1.807, 2.05) is 24.3 Å². The van der Waals surface area contributed by atoms with Gasteiger partial charge >= 0.3 is 0 Å². The third kappa shape index (κ3) is 6.53. The Morgan fingerprint density at radius 2 is 0.732 bits per heavy atom. The Bertz CT molecular complexity index is 1610. The van der Waals surface area contributed by atoms with Crippen LogP contribution in [0.4, 0.5) is 11.4 Å². The third-order valence-corrected chi connectivity index (χ3v) is 6.51. The van der Waals surface area contributed by atoms with Gasteiger partial charge < -0.3 is 0 Å². The lowest BCUT2D eigenvalue weighted by Crippen LogP contribution is -2.03. The third-order valence-electron chi connectivity index (χ3n) is 6.51. The minimum absolute atomic E-state index is 0.894. The van der Waals surface area contributed by atoms with E-state index >= 15 is 0 Å². The average molecular weight is 528 g/mol. The molecule has 6 aromatic rings. The molecular formula is C38H29N3. The number of aliphatic imine (C=N–C) groups is 2. The standard InChI is InChI=1S/C36H26N2.C2H3N/c1-5-15-28(16-6-1)35(29-17-7-2-8-18-29)37-32-25-13-23-27-24-14-26-33(34(27)32)38-36(30-19-9-3-10-20-30)31-21-11-4-12-22-31;1-2-3/h1-26H;1H3. The van der Waals surface area contributed by atoms with Crippen LogP contribution >= 0.6 is 0 Å². The van der Waals surface area contributed by atoms with E-state index in [4.69, 9.17) is 15.2 Å². The Morgan fingerprint density at radius 3 is 1.02 bits per heavy atom. The van der Waals surface area contributed by atoms with Crippen molar-refractivity contribution in [2.45, 2.75) is 6.92 Å². The van der Waals surface area contributed by atoms with Gasteiger partial charge in [0.05, 0.1) is 28.9 Å². The summed E-state index contributed by atoms with van der Waals surface area (Å²) in [5.74, 6) is 0. The number of nitriles is 1. The van der Waals surface area contributed by atoms with Crippen LogP contribution < -0.4 is 0 Å². The van der Waals surface area contributed by atoms with Gasteiger partial charge in [-0.2, -0.15) is 5.26 Å². The molecule has 0 saturated carbocycles. The summed E-state index contributed by atoms with van der Waals surface area (Å²) in [6.07, 6.45) is 0. The van der Waals surface area contributed by atoms with E-state index in [1.54, 1.807) is 6.07 Å². The molecule has 6 aromatic carbocycles. The van der Waals surface area contributed by atoms with Gasteiger partial charge in [0.15, 0.2) is 0 Å². The summed E-state index contributed by atoms with van der Waals surface area (Å²) < 4.78 is 0. The van der Waals surface area contributed by atoms with Gasteiger partial charge in [0.2, 0.25) is 0 Å². The fraction of sp³-hybridized carbons (Fsp3) is 0.0263. The zero-order chi connectivity index (χ0) is 28.3. The Hall–Kier alpha value is -5.59. The summed E-state index contributed by atoms with van der Waals surface area (Å²) in [5.41, 5.74) is 7.96. The first-order chi connectivity index (χ1) is 20.3. The lowest BCUT2D eigenvalue weighted by molar-refractivity contribution is 1.47. The van der Waals surface area contributed by atoms with E-state index in [1.165, 1.54) is 6.92 Å². The predicted octanol–water partition coefficient (Wildman–Crippen LogP) is 9.71. The van der Waals surface area contributed by atoms with Gasteiger partial charge in [-0.3, -0.25) is 0 Å². The van der Waals surface area contributed by atoms with Crippen molar-refractivity contribution in [3.63, 3.8) is 0 Å². The zero-order valence-corrected chi connectivity index (χ0v) is 22.9. The van der Waals surface area contributed by atoms with Crippen LogP contribution in [0.3, 0.4) is 0 Å². The van der Waals surface area contributed by atoms with E-state index in [0.717, 1.165) is 55.8 Å². The summed E-state index contributed by atoms with van der Waals surface area (Å²) in [5, 5.41) is 9.46. The highest BCUT2D eigenvalue weighted by Gasteiger charge is 2.13. The normalized spacial score (nSPS) is 10.0. The van der Waals surface area contributed by atoms with Crippen molar-refractivity contribution < 1.29 is 0 Å². The van der Waals surface area contributed by atoms with E-state index in [9.17, 15) is 0 Å². The van der Waals surface area contributed by atoms with E-state index in [-0.39, 0.29) is 0 Å². The number of rotatable bonds is 6. The van der Waals surface area contributed by atoms with Gasteiger partial charge in [0, 0.05) is 34.6 Å². The highest BCUT2D eigenvalue weighted by molar-refractivity contribution is 6.17. The Morgan fingerprint density at radius 1 is 0.439 bits per heavy atom. The lowest BCUT2D eigenvalue weighted by atomic mass is 10.0. The molecule has 3 heteroatoms. The molecule has 0 saturated heterocycles. The molecule has 3 nitrogen and oxygen atoms in total. The van der Waals surface area contributed by atoms with Gasteiger partial charge in [-0.1, -0.05) is 146 Å². The summed E-state index contributed by atoms with van der Waals surface area (Å²) in [6, 6.07) is 55.7. The molecule has 0 bridgehead atoms. The zero-order valence-electron chi connectivity index (χ0n) is 22.9. The Labute approximate surface area is 241 Å². The predicted molar refractivity (Wildman–Crippen MR) is 172 cm³/mol. The Balaban J connectivity index is 0.00000108. The van der Waals surface area contributed by atoms with Crippen molar-refractivity contribution >= 4 is 33.6 Å². The molecule has 0 aliphatic rings. The summed E-state index contributed by atoms with van der Waals surface area (Å²) in [7, 11) is 0. The molecule has 0 aliphatic carbocycles. The molecule has 196 valence electrons. The quantitative estimate of drug-likeness (QED) is 0.199. The lowest BCUT2D eigenvalue weighted by Gasteiger charge is -2.12. The van der Waals surface area contributed by atoms with Crippen LogP contribution in [0.15, 0.2) is 168 Å². The fourth-order valence-corrected chi connectivity index (χ4v) is 4.70. The molecule has 0 heterocycles. The minimum atomic E-state index is 0.894. The van der Waals surface area contributed by atoms with Gasteiger partial charge in [-0.15, -0.1) is 0 Å². The molecule has 0 radical (unpaired) electrons. The molecule has 0 unspecified atom stereocenters. The van der Waals surface area contributed by atoms with Crippen LogP contribution in [0, 0.1) is 11.3 Å². The fourth-order valence-electron chi connectivity index (χ4n) is 4.70. The van der Waals surface area contributed by atoms with Gasteiger partial charge in [-0.05, 0) is 17.5 Å². The van der Waals surface area contributed by atoms with Gasteiger partial charge in [-0.25, -0.2) is 9.98 Å². The topological polar surface area (TPSA) is 48.5 Å². The maximum Gasteiger partial charge on any atom is 0.0781 e. The molecule has 6 rings (SSSR count). The highest BCUT2D eigenvalue weighted by Crippen LogP contribution is 2.36. The number of hydrogen-bond acceptors (Lipinski definition) is 3. The molecule has 0 aromatic heterocycles. The largest absolute Gasteiger partial charge is 0.247 e. The molecule has 0 aliphatic heterocycles. The maximum atomic E-state index is 7.32. The first-order valence-corrected chi connectivity index (χ1v) is 13.5. The molecule has 0 atom stereocenters. The van der Waals surface area contributed by atoms with Crippen molar-refractivity contribution in [1.82, 2.24) is 0 Å². The summed E-state index contributed by atoms with van der Waals surface area (Å²) in [4.78, 5) is 10.6. The first-order valence-electron chi connectivity index (χ1n) is 13.5. The van der Waals surface area contributed by atoms with Crippen molar-refractivity contribution in [2.24, 2.45) is 9.98 Å². The summed E-state index contributed by atoms with van der Waals surface area (Å²) >= 11 is 0. The van der Waals surface area contributed by atoms with Crippen LogP contribution in [0.2, 0.25) is 0 Å². The van der Waals surface area contributed by atoms with E-state index in [2.05, 4.69) is 133 Å². The second-order valence-electron chi connectivity index (χ2n) is 9.26. The van der Waals surface area contributed by atoms with Crippen LogP contribution in [0.25, 0.3) is 10.8 Å². The number of fused-ring (bicyclic) bond motifs is 1. The maximum absolute atomic E-state index is 7.32. The molecular weight excluding hydrogens is 498 g/mol. The van der Waals surface area contributed by atoms with Crippen molar-refractivity contribution in [2.75, 3.05) is 0 Å². The van der Waals surface area contributed by atoms with Gasteiger partial charge in [0.25, 0.3) is 0 Å². The number of hydrogen-bond donors (Lipinski definition) is 0. The molecule has 0 N–H and O–H groups in total. The first kappa shape index (κ1) is 27.0. The van der Waals surface area contributed by atoms with E-state index in [0.29, 0.717) is 0 Å². The van der Waals surface area contributed by atoms with Crippen molar-refractivity contribution in [3.05, 3.63) is 180 Å². The molecule has 0 amide bonds. The summed E-state index contributed by atoms with van der Waals surface area (Å²) in [6.45, 7) is 1.43. The monoisotopic (exact) mass is 527 g/mol. The van der Waals surface area contributed by atoms with E-state index < -0.39 is 0 Å². The van der Waals surface area contributed by atoms with Crippen molar-refractivity contribution in [3.8, 4) is 6.07 Å². The highest BCUT2D eigenvalue weighted by atomic mass is 14.8. The van der Waals surface area contributed by atoms with Crippen LogP contribution in [0.1, 0.15) is 29.2 Å². The smallest absolute Gasteiger partial charge is 0.0781 e. The van der Waals surface area contributed by atoms with Gasteiger partial charge in [0.1, 0.15) is 0 Å². The second-order valence-corrected chi connectivity index (χ2v) is 9.26. The van der Waals surface area contributed by atoms with Crippen molar-refractivity contribution in [1.29, 1.82) is 5.26 Å². The Kier molecular flexibility index (Phi) is 8.87. The van der Waals surface area contributed by atoms with Crippen LogP contribution in [-0.4, -0.2) is 11.4 Å². The average Bonchev–Trinajstić information content (AvgIpc) is 3.04. The minimum Gasteiger partial charge on any atom is -0.247 e. The molecule has 0 spiro atoms. The van der Waals surface area contributed by atoms with Crippen LogP contribution in [-0.2, 0) is 0 Å². The molecule has 0 fully saturated rings. The van der Waals surface area contributed by atoms with Crippen LogP contribution in [0.5, 0.6) is 0 Å². The number of nitrogens with zero attached hydrogens (tertiary/aromatic N) is 3. The molecule has 41 heavy (non-hydrogen) atoms.